The van der Waals surface area contributed by atoms with Crippen LogP contribution < -0.4 is 0 Å². The molecule has 0 aromatic rings. The summed E-state index contributed by atoms with van der Waals surface area (Å²) in [5.74, 6) is 2.10. The lowest BCUT2D eigenvalue weighted by Crippen LogP contribution is -1.58. The van der Waals surface area contributed by atoms with Crippen molar-refractivity contribution < 1.29 is 0 Å². The molecular formula is C21H54. The molecule has 0 heteroatoms. The van der Waals surface area contributed by atoms with Crippen molar-refractivity contribution in [3.05, 3.63) is 12.7 Å². The number of allylic oxidation sites excluding steroid dienone is 1. The molecule has 0 spiro atoms. The van der Waals surface area contributed by atoms with Gasteiger partial charge in [0.15, 0.2) is 0 Å². The van der Waals surface area contributed by atoms with E-state index in [-0.39, 0.29) is 0 Å². The van der Waals surface area contributed by atoms with E-state index < -0.39 is 0 Å². The molecule has 0 aromatic carbocycles. The van der Waals surface area contributed by atoms with Gasteiger partial charge in [0.25, 0.3) is 0 Å². The molecule has 1 saturated carbocycles. The Labute approximate surface area is 141 Å². The summed E-state index contributed by atoms with van der Waals surface area (Å²) in [5.41, 5.74) is 0. The summed E-state index contributed by atoms with van der Waals surface area (Å²) in [5, 5.41) is 0. The first-order valence-electron chi connectivity index (χ1n) is 9.70. The fraction of sp³-hybridized carbons (Fsp3) is 0.905. The minimum Gasteiger partial charge on any atom is -0.103 e. The summed E-state index contributed by atoms with van der Waals surface area (Å²) >= 11 is 0. The van der Waals surface area contributed by atoms with Crippen molar-refractivity contribution in [2.45, 2.75) is 117 Å². The van der Waals surface area contributed by atoms with Crippen molar-refractivity contribution in [1.29, 1.82) is 0 Å². The van der Waals surface area contributed by atoms with E-state index in [4.69, 9.17) is 0 Å². The van der Waals surface area contributed by atoms with E-state index >= 15 is 0 Å². The molecular weight excluding hydrogens is 252 g/mol. The summed E-state index contributed by atoms with van der Waals surface area (Å²) in [4.78, 5) is 0. The monoisotopic (exact) mass is 306 g/mol. The van der Waals surface area contributed by atoms with Crippen molar-refractivity contribution >= 4 is 0 Å². The van der Waals surface area contributed by atoms with Crippen molar-refractivity contribution in [2.24, 2.45) is 11.8 Å². The van der Waals surface area contributed by atoms with E-state index in [1.54, 1.807) is 6.08 Å². The Morgan fingerprint density at radius 3 is 0.762 bits per heavy atom. The predicted molar refractivity (Wildman–Crippen MR) is 112 cm³/mol. The molecule has 2 unspecified atom stereocenters. The molecule has 1 aliphatic rings. The van der Waals surface area contributed by atoms with E-state index in [1.807, 2.05) is 76.2 Å². The Morgan fingerprint density at radius 1 is 0.714 bits per heavy atom. The Hall–Kier alpha value is -0.260. The minimum absolute atomic E-state index is 1.05. The van der Waals surface area contributed by atoms with Gasteiger partial charge in [0.05, 0.1) is 0 Å². The van der Waals surface area contributed by atoms with Gasteiger partial charge in [-0.15, -0.1) is 6.58 Å². The SMILES string of the molecule is C=CC.CC.CC.CC.CC.CC.CC1CC1C.CCC. The van der Waals surface area contributed by atoms with Crippen LogP contribution in [0.3, 0.4) is 0 Å². The highest BCUT2D eigenvalue weighted by molar-refractivity contribution is 4.76. The number of rotatable bonds is 0. The first kappa shape index (κ1) is 42.8. The van der Waals surface area contributed by atoms with E-state index in [1.165, 1.54) is 12.8 Å². The lowest BCUT2D eigenvalue weighted by molar-refractivity contribution is 0.834. The maximum Gasteiger partial charge on any atom is -0.0414 e. The Morgan fingerprint density at radius 2 is 0.762 bits per heavy atom. The number of hydrogen-bond donors (Lipinski definition) is 0. The zero-order chi connectivity index (χ0) is 19.3. The van der Waals surface area contributed by atoms with Gasteiger partial charge in [-0.2, -0.15) is 0 Å². The van der Waals surface area contributed by atoms with E-state index in [9.17, 15) is 0 Å². The Balaban J connectivity index is -0.0000000223. The molecule has 0 aliphatic heterocycles. The molecule has 0 aromatic heterocycles. The van der Waals surface area contributed by atoms with Gasteiger partial charge in [0.1, 0.15) is 0 Å². The normalized spacial score (nSPS) is 14.6. The molecule has 0 nitrogen and oxygen atoms in total. The highest BCUT2D eigenvalue weighted by Crippen LogP contribution is 2.36. The van der Waals surface area contributed by atoms with Gasteiger partial charge in [-0.25, -0.2) is 0 Å². The van der Waals surface area contributed by atoms with Crippen LogP contribution in [0.1, 0.15) is 117 Å². The quantitative estimate of drug-likeness (QED) is 0.391. The van der Waals surface area contributed by atoms with Gasteiger partial charge in [0, 0.05) is 0 Å². The second kappa shape index (κ2) is 90.8. The topological polar surface area (TPSA) is 0 Å². The molecule has 1 fully saturated rings. The smallest absolute Gasteiger partial charge is 0.0414 e. The van der Waals surface area contributed by atoms with E-state index in [2.05, 4.69) is 34.3 Å². The summed E-state index contributed by atoms with van der Waals surface area (Å²) in [6.07, 6.45) is 4.47. The van der Waals surface area contributed by atoms with Crippen LogP contribution in [0.5, 0.6) is 0 Å². The van der Waals surface area contributed by atoms with E-state index in [0.717, 1.165) is 11.8 Å². The third-order valence-corrected chi connectivity index (χ3v) is 1.51. The standard InChI is InChI=1S/C5H10.C3H8.C3H6.5C2H6/c1-4-3-5(4)2;2*1-3-2;5*1-2/h4-5H,3H2,1-2H3;3H2,1-2H3;3H,1H2,2H3;5*1-2H3. The number of hydrogen-bond acceptors (Lipinski definition) is 0. The van der Waals surface area contributed by atoms with Gasteiger partial charge >= 0.3 is 0 Å². The summed E-state index contributed by atoms with van der Waals surface area (Å²) in [7, 11) is 0. The highest BCUT2D eigenvalue weighted by Gasteiger charge is 2.26. The van der Waals surface area contributed by atoms with Gasteiger partial charge in [0.2, 0.25) is 0 Å². The van der Waals surface area contributed by atoms with Crippen LogP contribution in [0.15, 0.2) is 12.7 Å². The third kappa shape index (κ3) is 189. The molecule has 0 bridgehead atoms. The zero-order valence-electron chi connectivity index (χ0n) is 18.9. The highest BCUT2D eigenvalue weighted by atomic mass is 14.3. The molecule has 0 radical (unpaired) electrons. The summed E-state index contributed by atoms with van der Waals surface area (Å²) in [6, 6.07) is 0. The first-order valence-corrected chi connectivity index (χ1v) is 9.70. The van der Waals surface area contributed by atoms with Crippen molar-refractivity contribution in [1.82, 2.24) is 0 Å². The van der Waals surface area contributed by atoms with Crippen LogP contribution >= 0.6 is 0 Å². The van der Waals surface area contributed by atoms with Crippen molar-refractivity contribution in [2.75, 3.05) is 0 Å². The molecule has 138 valence electrons. The molecule has 0 amide bonds. The van der Waals surface area contributed by atoms with Gasteiger partial charge in [-0.05, 0) is 25.2 Å². The maximum atomic E-state index is 3.36. The largest absolute Gasteiger partial charge is 0.103 e. The molecule has 0 saturated heterocycles. The maximum absolute atomic E-state index is 3.36. The van der Waals surface area contributed by atoms with Crippen LogP contribution in [0.4, 0.5) is 0 Å². The van der Waals surface area contributed by atoms with Gasteiger partial charge in [-0.1, -0.05) is 109 Å². The fourth-order valence-electron chi connectivity index (χ4n) is 0.508. The third-order valence-electron chi connectivity index (χ3n) is 1.51. The molecule has 1 rings (SSSR count). The Bertz CT molecular complexity index is 68.1. The first-order chi connectivity index (χ1) is 10.1. The van der Waals surface area contributed by atoms with Crippen LogP contribution in [0, 0.1) is 11.8 Å². The summed E-state index contributed by atoms with van der Waals surface area (Å²) in [6.45, 7) is 34.1. The Kier molecular flexibility index (Phi) is 185. The predicted octanol–water partition coefficient (Wildman–Crippen LogP) is 9.40. The molecule has 21 heavy (non-hydrogen) atoms. The average Bonchev–Trinajstić information content (AvgIpc) is 3.23. The van der Waals surface area contributed by atoms with Crippen LogP contribution in [-0.4, -0.2) is 0 Å². The van der Waals surface area contributed by atoms with Crippen molar-refractivity contribution in [3.8, 4) is 0 Å². The second-order valence-corrected chi connectivity index (χ2v) is 3.31. The molecule has 2 atom stereocenters. The fourth-order valence-corrected chi connectivity index (χ4v) is 0.508. The lowest BCUT2D eigenvalue weighted by atomic mass is 10.4. The minimum atomic E-state index is 1.05. The second-order valence-electron chi connectivity index (χ2n) is 3.31. The molecule has 0 N–H and O–H groups in total. The van der Waals surface area contributed by atoms with E-state index in [0.29, 0.717) is 0 Å². The van der Waals surface area contributed by atoms with Crippen LogP contribution in [0.2, 0.25) is 0 Å². The zero-order valence-corrected chi connectivity index (χ0v) is 18.9. The molecule has 0 heterocycles. The summed E-state index contributed by atoms with van der Waals surface area (Å²) < 4.78 is 0. The van der Waals surface area contributed by atoms with Gasteiger partial charge < -0.3 is 0 Å². The van der Waals surface area contributed by atoms with Gasteiger partial charge in [-0.3, -0.25) is 0 Å². The van der Waals surface area contributed by atoms with Crippen LogP contribution in [-0.2, 0) is 0 Å². The average molecular weight is 307 g/mol. The van der Waals surface area contributed by atoms with Crippen LogP contribution in [0.25, 0.3) is 0 Å². The van der Waals surface area contributed by atoms with Crippen molar-refractivity contribution in [3.63, 3.8) is 0 Å². The lowest BCUT2D eigenvalue weighted by Gasteiger charge is -1.66. The molecule has 1 aliphatic carbocycles.